The summed E-state index contributed by atoms with van der Waals surface area (Å²) < 4.78 is 1.76. The van der Waals surface area contributed by atoms with Gasteiger partial charge < -0.3 is 10.0 Å². The Labute approximate surface area is 114 Å². The van der Waals surface area contributed by atoms with Crippen LogP contribution in [0.3, 0.4) is 0 Å². The van der Waals surface area contributed by atoms with E-state index >= 15 is 0 Å². The predicted molar refractivity (Wildman–Crippen MR) is 74.5 cm³/mol. The first-order chi connectivity index (χ1) is 9.28. The molecule has 0 aliphatic rings. The smallest absolute Gasteiger partial charge is 0.214 e. The van der Waals surface area contributed by atoms with Crippen LogP contribution in [0.5, 0.6) is 0 Å². The van der Waals surface area contributed by atoms with Crippen LogP contribution in [0, 0.1) is 0 Å². The van der Waals surface area contributed by atoms with Gasteiger partial charge >= 0.3 is 0 Å². The third-order valence-corrected chi connectivity index (χ3v) is 3.79. The highest BCUT2D eigenvalue weighted by atomic mass is 32.1. The molecule has 0 atom stereocenters. The van der Waals surface area contributed by atoms with E-state index in [1.807, 2.05) is 30.3 Å². The van der Waals surface area contributed by atoms with Gasteiger partial charge in [0.15, 0.2) is 0 Å². The van der Waals surface area contributed by atoms with Crippen molar-refractivity contribution in [1.82, 2.24) is 19.6 Å². The maximum absolute atomic E-state index is 8.92. The van der Waals surface area contributed by atoms with Crippen LogP contribution in [0.15, 0.2) is 30.7 Å². The van der Waals surface area contributed by atoms with Crippen LogP contribution >= 0.6 is 11.3 Å². The van der Waals surface area contributed by atoms with Crippen LogP contribution < -0.4 is 4.90 Å². The molecule has 0 aromatic carbocycles. The van der Waals surface area contributed by atoms with E-state index in [1.165, 1.54) is 11.3 Å². The molecule has 98 valence electrons. The molecule has 0 amide bonds. The zero-order valence-electron chi connectivity index (χ0n) is 10.4. The summed E-state index contributed by atoms with van der Waals surface area (Å²) in [5, 5.41) is 14.2. The molecule has 3 rings (SSSR count). The number of aliphatic hydroxyl groups is 1. The van der Waals surface area contributed by atoms with Crippen molar-refractivity contribution in [3.8, 4) is 11.3 Å². The minimum absolute atomic E-state index is 0.110. The molecule has 0 bridgehead atoms. The number of pyridine rings is 1. The fraction of sp³-hybridized carbons (Fsp3) is 0.250. The monoisotopic (exact) mass is 275 g/mol. The largest absolute Gasteiger partial charge is 0.395 e. The SMILES string of the molecule is CN(CCO)c1nn2cc(-c3cccnc3)nc2s1. The maximum atomic E-state index is 8.92. The van der Waals surface area contributed by atoms with Crippen LogP contribution in [0.25, 0.3) is 16.2 Å². The summed E-state index contributed by atoms with van der Waals surface area (Å²) in [4.78, 5) is 11.4. The molecular weight excluding hydrogens is 262 g/mol. The van der Waals surface area contributed by atoms with E-state index in [-0.39, 0.29) is 6.61 Å². The third kappa shape index (κ3) is 2.29. The first-order valence-electron chi connectivity index (χ1n) is 5.86. The molecule has 0 aliphatic carbocycles. The van der Waals surface area contributed by atoms with Gasteiger partial charge in [-0.05, 0) is 12.1 Å². The summed E-state index contributed by atoms with van der Waals surface area (Å²) in [5.74, 6) is 0. The maximum Gasteiger partial charge on any atom is 0.214 e. The van der Waals surface area contributed by atoms with Gasteiger partial charge in [0.25, 0.3) is 0 Å². The molecule has 3 aromatic heterocycles. The van der Waals surface area contributed by atoms with E-state index < -0.39 is 0 Å². The zero-order chi connectivity index (χ0) is 13.2. The number of aliphatic hydroxyl groups excluding tert-OH is 1. The van der Waals surface area contributed by atoms with Crippen LogP contribution in [-0.2, 0) is 0 Å². The number of hydrogen-bond donors (Lipinski definition) is 1. The van der Waals surface area contributed by atoms with Crippen molar-refractivity contribution < 1.29 is 5.11 Å². The number of imidazole rings is 1. The normalized spacial score (nSPS) is 11.1. The summed E-state index contributed by atoms with van der Waals surface area (Å²) in [7, 11) is 1.90. The van der Waals surface area contributed by atoms with E-state index in [1.54, 1.807) is 16.9 Å². The van der Waals surface area contributed by atoms with Gasteiger partial charge in [-0.15, -0.1) is 5.10 Å². The van der Waals surface area contributed by atoms with E-state index in [2.05, 4.69) is 15.1 Å². The number of hydrogen-bond acceptors (Lipinski definition) is 6. The van der Waals surface area contributed by atoms with E-state index in [0.717, 1.165) is 21.3 Å². The molecule has 0 unspecified atom stereocenters. The topological polar surface area (TPSA) is 66.5 Å². The van der Waals surface area contributed by atoms with Gasteiger partial charge in [-0.1, -0.05) is 11.3 Å². The standard InChI is InChI=1S/C12H13N5OS/c1-16(5-6-18)12-15-17-8-10(14-11(17)19-12)9-3-2-4-13-7-9/h2-4,7-8,18H,5-6H2,1H3. The molecule has 0 saturated heterocycles. The Kier molecular flexibility index (Phi) is 3.14. The lowest BCUT2D eigenvalue weighted by molar-refractivity contribution is 0.304. The van der Waals surface area contributed by atoms with Crippen molar-refractivity contribution in [1.29, 1.82) is 0 Å². The van der Waals surface area contributed by atoms with Gasteiger partial charge in [0.05, 0.1) is 18.5 Å². The molecule has 3 aromatic rings. The Morgan fingerprint density at radius 1 is 1.47 bits per heavy atom. The Morgan fingerprint density at radius 3 is 3.05 bits per heavy atom. The van der Waals surface area contributed by atoms with Crippen molar-refractivity contribution in [2.45, 2.75) is 0 Å². The lowest BCUT2D eigenvalue weighted by Gasteiger charge is -2.11. The van der Waals surface area contributed by atoms with Crippen molar-refractivity contribution in [3.05, 3.63) is 30.7 Å². The van der Waals surface area contributed by atoms with Crippen molar-refractivity contribution in [2.75, 3.05) is 25.1 Å². The fourth-order valence-corrected chi connectivity index (χ4v) is 2.61. The summed E-state index contributed by atoms with van der Waals surface area (Å²) in [6, 6.07) is 3.86. The number of nitrogens with zero attached hydrogens (tertiary/aromatic N) is 5. The number of aromatic nitrogens is 4. The zero-order valence-corrected chi connectivity index (χ0v) is 11.2. The molecule has 0 fully saturated rings. The number of rotatable bonds is 4. The number of likely N-dealkylation sites (N-methyl/N-ethyl adjacent to an activating group) is 1. The predicted octanol–water partition coefficient (Wildman–Crippen LogP) is 1.28. The van der Waals surface area contributed by atoms with Crippen LogP contribution in [0.2, 0.25) is 0 Å². The molecule has 19 heavy (non-hydrogen) atoms. The van der Waals surface area contributed by atoms with Gasteiger partial charge in [-0.2, -0.15) is 0 Å². The highest BCUT2D eigenvalue weighted by Gasteiger charge is 2.12. The summed E-state index contributed by atoms with van der Waals surface area (Å²) in [5.41, 5.74) is 1.84. The Bertz CT molecular complexity index is 646. The van der Waals surface area contributed by atoms with Crippen LogP contribution in [0.1, 0.15) is 0 Å². The Balaban J connectivity index is 1.94. The first kappa shape index (κ1) is 12.1. The average Bonchev–Trinajstić information content (AvgIpc) is 2.98. The third-order valence-electron chi connectivity index (χ3n) is 2.75. The second-order valence-corrected chi connectivity index (χ2v) is 5.06. The second-order valence-electron chi connectivity index (χ2n) is 4.12. The second kappa shape index (κ2) is 4.94. The number of fused-ring (bicyclic) bond motifs is 1. The lowest BCUT2D eigenvalue weighted by atomic mass is 10.2. The van der Waals surface area contributed by atoms with Gasteiger partial charge in [0.2, 0.25) is 10.1 Å². The molecule has 6 nitrogen and oxygen atoms in total. The minimum atomic E-state index is 0.110. The van der Waals surface area contributed by atoms with Gasteiger partial charge in [-0.25, -0.2) is 9.50 Å². The summed E-state index contributed by atoms with van der Waals surface area (Å²) >= 11 is 1.50. The first-order valence-corrected chi connectivity index (χ1v) is 6.68. The van der Waals surface area contributed by atoms with Gasteiger partial charge in [0.1, 0.15) is 0 Å². The highest BCUT2D eigenvalue weighted by Crippen LogP contribution is 2.25. The van der Waals surface area contributed by atoms with E-state index in [9.17, 15) is 0 Å². The number of anilines is 1. The summed E-state index contributed by atoms with van der Waals surface area (Å²) in [6.45, 7) is 0.672. The highest BCUT2D eigenvalue weighted by molar-refractivity contribution is 7.20. The van der Waals surface area contributed by atoms with Crippen LogP contribution in [0.4, 0.5) is 5.13 Å². The molecule has 0 saturated carbocycles. The molecular formula is C12H13N5OS. The average molecular weight is 275 g/mol. The molecule has 7 heteroatoms. The van der Waals surface area contributed by atoms with Crippen molar-refractivity contribution in [3.63, 3.8) is 0 Å². The van der Waals surface area contributed by atoms with Gasteiger partial charge in [-0.3, -0.25) is 4.98 Å². The Hall–Kier alpha value is -1.99. The lowest BCUT2D eigenvalue weighted by Crippen LogP contribution is -2.20. The van der Waals surface area contributed by atoms with Crippen molar-refractivity contribution >= 4 is 21.4 Å². The minimum Gasteiger partial charge on any atom is -0.395 e. The Morgan fingerprint density at radius 2 is 2.37 bits per heavy atom. The quantitative estimate of drug-likeness (QED) is 0.777. The molecule has 1 N–H and O–H groups in total. The van der Waals surface area contributed by atoms with Crippen LogP contribution in [-0.4, -0.2) is 44.9 Å². The molecule has 0 aliphatic heterocycles. The van der Waals surface area contributed by atoms with Gasteiger partial charge in [0, 0.05) is 31.5 Å². The molecule has 0 radical (unpaired) electrons. The molecule has 3 heterocycles. The van der Waals surface area contributed by atoms with E-state index in [0.29, 0.717) is 6.54 Å². The summed E-state index contributed by atoms with van der Waals surface area (Å²) in [6.07, 6.45) is 5.41. The van der Waals surface area contributed by atoms with Crippen molar-refractivity contribution in [2.24, 2.45) is 0 Å². The molecule has 0 spiro atoms. The van der Waals surface area contributed by atoms with E-state index in [4.69, 9.17) is 5.11 Å². The fourth-order valence-electron chi connectivity index (χ4n) is 1.74.